The van der Waals surface area contributed by atoms with Crippen molar-refractivity contribution in [1.82, 2.24) is 15.5 Å². The minimum absolute atomic E-state index is 0.0327. The molecular weight excluding hydrogens is 1540 g/mol. The van der Waals surface area contributed by atoms with Gasteiger partial charge in [-0.3, -0.25) is 4.79 Å². The van der Waals surface area contributed by atoms with Crippen molar-refractivity contribution in [1.29, 1.82) is 0 Å². The van der Waals surface area contributed by atoms with E-state index in [2.05, 4.69) is 195 Å². The summed E-state index contributed by atoms with van der Waals surface area (Å²) in [5, 5.41) is 55.5. The van der Waals surface area contributed by atoms with Gasteiger partial charge >= 0.3 is 0 Å². The highest BCUT2D eigenvalue weighted by Crippen LogP contribution is 2.69. The highest BCUT2D eigenvalue weighted by molar-refractivity contribution is 6.74. The summed E-state index contributed by atoms with van der Waals surface area (Å²) in [7, 11) is -3.86. The SMILES string of the molecule is C=C1CC[C@H]2[C@H](CN)[C@@H]([C@@]3(C)Cc4conc4C[C@@H]3CO)CC[C@]12C.C=C1CC[C@H]2[C@H](CN=[N+]=[N-])[C@@H]([C@@]3(C)CC(=CO)C(=O)C[C@@H]3CO[Si](C)(C)C(C)(C)C)CC[C@]12C.C=C1CC[C@H]2[C@H](CN=[N+]=[N-])[C@@H]([C@@]3(C)Cc4conc4C[C@@H]3CO)CC[C@]12C.C=C1CC[C@H]2[C@H](CN=[N+]=[N-])[C@@H]([C@@]3(C)Cc4conc4C[C@@H]3CO[Si](C)(C)C(C)(C)C)CC[C@]12C. The molecule has 24 atom stereocenters. The molecule has 3 heterocycles. The molecule has 0 amide bonds. The third-order valence-corrected chi connectivity index (χ3v) is 47.1. The summed E-state index contributed by atoms with van der Waals surface area (Å²) in [6, 6.07) is 0. The summed E-state index contributed by atoms with van der Waals surface area (Å²) < 4.78 is 29.4. The number of ketones is 1. The zero-order chi connectivity index (χ0) is 87.5. The van der Waals surface area contributed by atoms with E-state index in [1.54, 1.807) is 6.26 Å². The Kier molecular flexibility index (Phi) is 27.5. The Morgan fingerprint density at radius 2 is 0.758 bits per heavy atom. The van der Waals surface area contributed by atoms with E-state index >= 15 is 0 Å². The van der Waals surface area contributed by atoms with E-state index in [9.17, 15) is 25.6 Å². The Hall–Kier alpha value is -6.04. The fraction of sp³-hybridized carbons (Fsp3) is 0.792. The maximum atomic E-state index is 12.9. The van der Waals surface area contributed by atoms with Gasteiger partial charge in [-0.05, 0) is 345 Å². The molecule has 0 radical (unpaired) electrons. The Bertz CT molecular complexity index is 4420. The van der Waals surface area contributed by atoms with Crippen molar-refractivity contribution in [2.24, 2.45) is 159 Å². The van der Waals surface area contributed by atoms with Crippen LogP contribution in [0.5, 0.6) is 0 Å². The first-order valence-corrected chi connectivity index (χ1v) is 51.8. The monoisotopic (exact) mass is 1690 g/mol. The molecule has 0 aromatic carbocycles. The van der Waals surface area contributed by atoms with E-state index in [1.165, 1.54) is 64.7 Å². The molecule has 5 N–H and O–H groups in total. The summed E-state index contributed by atoms with van der Waals surface area (Å²) in [4.78, 5) is 22.3. The second kappa shape index (κ2) is 35.4. The standard InChI is InChI=1S/C27H44N4O2Si.C27H45N3O3Si.C21H30N4O2.C21H32N2O2/c1-18-9-10-22-21(15-29-31-28)23(11-12-26(18,22)5)27(6)14-19-16-32-30-24(19)13-20(27)17-33-34(7,8)25(2,3)4;1-18-9-10-22-21(15-29-30-28)23(11-12-26(18,22)5)27(6)14-19(16-31)24(32)13-20(27)17-33-34(7,8)25(2,3)4;1-13-4-5-17-16(10-23-25-22)18(6-7-20(13,17)2)21(3)9-14-12-27-24-19(14)8-15(21)11-26;1-13-4-5-17-16(10-22)18(6-7-20(13,17)2)21(3)9-14-12-25-23-19(14)8-15(21)11-24/h16,20-23H,1,9-15,17H2,2-8H3;16,20-23,31H,1,9-15,17H2,2-8H3;12,15-18,26H,1,4-11H2,2-3H3;12,15-18,24H,1,4-11,22H2,2-3H3/t2*20-,21+,22+,23+,26-,27+;2*15-,16+,17+,18+,20-,21+/m1111/s1. The Morgan fingerprint density at radius 1 is 0.475 bits per heavy atom. The van der Waals surface area contributed by atoms with Crippen LogP contribution in [0.15, 0.2) is 108 Å². The molecular formula is C96H151N13O9Si2. The highest BCUT2D eigenvalue weighted by Gasteiger charge is 2.63. The number of Topliss-reactive ketones (excluding diaryl/α,β-unsaturated/α-hetero) is 1. The normalized spacial score (nSPS) is 39.3. The smallest absolute Gasteiger partial charge is 0.191 e. The summed E-state index contributed by atoms with van der Waals surface area (Å²) in [5.41, 5.74) is 47.1. The molecule has 0 saturated heterocycles. The molecule has 15 rings (SSSR count). The van der Waals surface area contributed by atoms with E-state index in [4.69, 9.17) is 39.2 Å². The number of carbonyl (C=O) groups is 1. The number of aliphatic hydroxyl groups is 3. The first-order chi connectivity index (χ1) is 56.4. The molecule has 22 nitrogen and oxygen atoms in total. The van der Waals surface area contributed by atoms with Gasteiger partial charge in [0.15, 0.2) is 22.4 Å². The molecule has 120 heavy (non-hydrogen) atoms. The zero-order valence-corrected chi connectivity index (χ0v) is 78.7. The molecule has 3 aromatic rings. The number of carbonyl (C=O) groups excluding carboxylic acids is 1. The van der Waals surface area contributed by atoms with Crippen molar-refractivity contribution in [3.63, 3.8) is 0 Å². The van der Waals surface area contributed by atoms with Gasteiger partial charge in [-0.25, -0.2) is 0 Å². The number of hydrogen-bond acceptors (Lipinski definition) is 16. The molecule has 24 heteroatoms. The number of rotatable bonds is 19. The van der Waals surface area contributed by atoms with Gasteiger partial charge in [0.05, 0.1) is 23.3 Å². The van der Waals surface area contributed by atoms with E-state index in [0.717, 1.165) is 152 Å². The van der Waals surface area contributed by atoms with Gasteiger partial charge in [-0.1, -0.05) is 176 Å². The molecule has 0 aliphatic heterocycles. The van der Waals surface area contributed by atoms with Crippen LogP contribution in [-0.2, 0) is 52.2 Å². The van der Waals surface area contributed by atoms with Gasteiger partial charge in [0.25, 0.3) is 0 Å². The van der Waals surface area contributed by atoms with Crippen molar-refractivity contribution in [3.8, 4) is 0 Å². The quantitative estimate of drug-likeness (QED) is 0.0165. The van der Waals surface area contributed by atoms with E-state index in [0.29, 0.717) is 110 Å². The van der Waals surface area contributed by atoms with E-state index < -0.39 is 16.6 Å². The lowest BCUT2D eigenvalue weighted by Crippen LogP contribution is -2.53. The van der Waals surface area contributed by atoms with Crippen molar-refractivity contribution >= 4 is 22.4 Å². The number of allylic oxidation sites excluding steroid dienone is 5. The van der Waals surface area contributed by atoms with Crippen LogP contribution in [0.1, 0.15) is 246 Å². The van der Waals surface area contributed by atoms with Crippen LogP contribution in [0, 0.1) is 138 Å². The number of nitrogens with zero attached hydrogens (tertiary/aromatic N) is 12. The lowest BCUT2D eigenvalue weighted by molar-refractivity contribution is -0.125. The molecule has 0 bridgehead atoms. The fourth-order valence-electron chi connectivity index (χ4n) is 27.6. The molecule has 0 spiro atoms. The minimum Gasteiger partial charge on any atom is -0.515 e. The van der Waals surface area contributed by atoms with Crippen LogP contribution in [0.2, 0.25) is 36.3 Å². The molecule has 12 aliphatic carbocycles. The van der Waals surface area contributed by atoms with Gasteiger partial charge < -0.3 is 43.5 Å². The summed E-state index contributed by atoms with van der Waals surface area (Å²) in [6.07, 6.45) is 30.7. The van der Waals surface area contributed by atoms with Crippen LogP contribution in [0.4, 0.5) is 0 Å². The maximum Gasteiger partial charge on any atom is 0.191 e. The second-order valence-corrected chi connectivity index (χ2v) is 54.8. The third kappa shape index (κ3) is 16.9. The average molecular weight is 1690 g/mol. The fourth-order valence-corrected chi connectivity index (χ4v) is 29.7. The largest absolute Gasteiger partial charge is 0.515 e. The number of hydrogen-bond donors (Lipinski definition) is 4. The number of aromatic nitrogens is 3. The van der Waals surface area contributed by atoms with Crippen molar-refractivity contribution in [3.05, 3.63) is 144 Å². The van der Waals surface area contributed by atoms with E-state index in [-0.39, 0.29) is 102 Å². The van der Waals surface area contributed by atoms with Gasteiger partial charge in [0.2, 0.25) is 0 Å². The van der Waals surface area contributed by atoms with E-state index in [1.807, 2.05) is 12.5 Å². The summed E-state index contributed by atoms with van der Waals surface area (Å²) in [6.45, 7) is 63.5. The Labute approximate surface area is 719 Å². The minimum atomic E-state index is -1.98. The van der Waals surface area contributed by atoms with Crippen LogP contribution >= 0.6 is 0 Å². The number of nitrogens with two attached hydrogens (primary N) is 1. The highest BCUT2D eigenvalue weighted by atomic mass is 28.4. The lowest BCUT2D eigenvalue weighted by Gasteiger charge is -2.56. The van der Waals surface area contributed by atoms with Crippen molar-refractivity contribution in [2.45, 2.75) is 287 Å². The van der Waals surface area contributed by atoms with Crippen LogP contribution in [0.25, 0.3) is 31.3 Å². The average Bonchev–Trinajstić information content (AvgIpc) is 1.58. The number of azide groups is 3. The molecule has 662 valence electrons. The topological polar surface area (TPSA) is 347 Å². The number of fused-ring (bicyclic) bond motifs is 7. The zero-order valence-electron chi connectivity index (χ0n) is 76.7. The van der Waals surface area contributed by atoms with Gasteiger partial charge in [-0.2, -0.15) is 0 Å². The predicted octanol–water partition coefficient (Wildman–Crippen LogP) is 23.5. The molecule has 9 saturated carbocycles. The van der Waals surface area contributed by atoms with Gasteiger partial charge in [0.1, 0.15) is 18.8 Å². The predicted molar refractivity (Wildman–Crippen MR) is 479 cm³/mol. The van der Waals surface area contributed by atoms with Gasteiger partial charge in [-0.15, -0.1) is 0 Å². The number of aliphatic hydroxyl groups excluding tert-OH is 3. The summed E-state index contributed by atoms with van der Waals surface area (Å²) in [5.74, 6) is 6.15. The second-order valence-electron chi connectivity index (χ2n) is 45.2. The van der Waals surface area contributed by atoms with Crippen molar-refractivity contribution < 1.29 is 42.5 Å². The Balaban J connectivity index is 0.000000148. The van der Waals surface area contributed by atoms with Crippen molar-refractivity contribution in [2.75, 3.05) is 52.6 Å². The first-order valence-electron chi connectivity index (χ1n) is 46.0. The third-order valence-electron chi connectivity index (χ3n) is 38.1. The molecule has 0 unspecified atom stereocenters. The Morgan fingerprint density at radius 3 is 1.05 bits per heavy atom. The molecule has 9 fully saturated rings. The van der Waals surface area contributed by atoms with Crippen LogP contribution in [-0.4, -0.2) is 106 Å². The van der Waals surface area contributed by atoms with Gasteiger partial charge in [0, 0.05) is 89.5 Å². The molecule has 3 aromatic heterocycles. The molecule has 12 aliphatic rings. The lowest BCUT2D eigenvalue weighted by atomic mass is 9.49. The first kappa shape index (κ1) is 93.1. The van der Waals surface area contributed by atoms with Crippen LogP contribution in [0.3, 0.4) is 0 Å². The maximum absolute atomic E-state index is 12.9. The summed E-state index contributed by atoms with van der Waals surface area (Å²) >= 11 is 0. The van der Waals surface area contributed by atoms with Crippen LogP contribution < -0.4 is 5.73 Å².